The Labute approximate surface area is 189 Å². The van der Waals surface area contributed by atoms with Crippen molar-refractivity contribution in [2.75, 3.05) is 41.5 Å². The molecule has 0 heterocycles. The van der Waals surface area contributed by atoms with E-state index in [1.807, 2.05) is 56.6 Å². The number of hydrogen-bond donors (Lipinski definition) is 0. The van der Waals surface area contributed by atoms with Crippen molar-refractivity contribution in [1.29, 1.82) is 0 Å². The lowest BCUT2D eigenvalue weighted by Crippen LogP contribution is -2.19. The van der Waals surface area contributed by atoms with E-state index in [4.69, 9.17) is 14.2 Å². The van der Waals surface area contributed by atoms with E-state index in [0.717, 1.165) is 34.7 Å². The van der Waals surface area contributed by atoms with Gasteiger partial charge in [0.15, 0.2) is 5.78 Å². The van der Waals surface area contributed by atoms with Crippen LogP contribution < -0.4 is 14.2 Å². The average Bonchev–Trinajstić information content (AvgIpc) is 2.82. The van der Waals surface area contributed by atoms with Crippen LogP contribution in [0.4, 0.5) is 0 Å². The summed E-state index contributed by atoms with van der Waals surface area (Å²) >= 11 is 0. The molecule has 0 aliphatic heterocycles. The molecule has 166 valence electrons. The molecule has 0 saturated heterocycles. The Hall–Kier alpha value is -3.57. The summed E-state index contributed by atoms with van der Waals surface area (Å²) in [5.74, 6) is 2.14. The first-order chi connectivity index (χ1) is 15.5. The predicted octanol–water partition coefficient (Wildman–Crippen LogP) is 5.21. The van der Waals surface area contributed by atoms with Crippen molar-refractivity contribution in [1.82, 2.24) is 4.90 Å². The number of ketones is 1. The third-order valence-electron chi connectivity index (χ3n) is 5.01. The summed E-state index contributed by atoms with van der Waals surface area (Å²) in [6.45, 7) is 1.34. The summed E-state index contributed by atoms with van der Waals surface area (Å²) in [7, 11) is 7.26. The van der Waals surface area contributed by atoms with Gasteiger partial charge in [-0.25, -0.2) is 0 Å². The molecule has 0 radical (unpaired) electrons. The van der Waals surface area contributed by atoms with Gasteiger partial charge >= 0.3 is 0 Å². The van der Waals surface area contributed by atoms with E-state index in [1.54, 1.807) is 50.6 Å². The molecule has 0 atom stereocenters. The smallest absolute Gasteiger partial charge is 0.185 e. The van der Waals surface area contributed by atoms with Crippen LogP contribution in [0.3, 0.4) is 0 Å². The molecule has 0 aliphatic rings. The highest BCUT2D eigenvalue weighted by Crippen LogP contribution is 2.33. The first-order valence-corrected chi connectivity index (χ1v) is 10.4. The molecule has 0 fully saturated rings. The zero-order valence-corrected chi connectivity index (χ0v) is 19.0. The quantitative estimate of drug-likeness (QED) is 0.326. The minimum absolute atomic E-state index is 0.0883. The number of para-hydroxylation sites is 1. The number of allylic oxidation sites excluding steroid dienone is 1. The van der Waals surface area contributed by atoms with Crippen molar-refractivity contribution in [2.45, 2.75) is 0 Å². The fourth-order valence-corrected chi connectivity index (χ4v) is 3.22. The zero-order valence-electron chi connectivity index (χ0n) is 19.0. The van der Waals surface area contributed by atoms with Crippen molar-refractivity contribution < 1.29 is 19.0 Å². The number of nitrogens with zero attached hydrogens (tertiary/aromatic N) is 1. The van der Waals surface area contributed by atoms with E-state index in [0.29, 0.717) is 17.9 Å². The minimum Gasteiger partial charge on any atom is -0.497 e. The molecule has 3 rings (SSSR count). The van der Waals surface area contributed by atoms with Gasteiger partial charge in [0.1, 0.15) is 23.9 Å². The van der Waals surface area contributed by atoms with E-state index in [1.165, 1.54) is 0 Å². The van der Waals surface area contributed by atoms with Gasteiger partial charge in [0.2, 0.25) is 0 Å². The maximum absolute atomic E-state index is 12.7. The van der Waals surface area contributed by atoms with Gasteiger partial charge < -0.3 is 19.1 Å². The molecule has 0 N–H and O–H groups in total. The highest BCUT2D eigenvalue weighted by atomic mass is 16.5. The van der Waals surface area contributed by atoms with Crippen molar-refractivity contribution in [3.8, 4) is 28.4 Å². The van der Waals surface area contributed by atoms with Crippen LogP contribution >= 0.6 is 0 Å². The Morgan fingerprint density at radius 3 is 2.34 bits per heavy atom. The summed E-state index contributed by atoms with van der Waals surface area (Å²) in [5, 5.41) is 0. The van der Waals surface area contributed by atoms with Gasteiger partial charge in [-0.1, -0.05) is 24.3 Å². The molecular formula is C27H29NO4. The molecule has 0 spiro atoms. The average molecular weight is 432 g/mol. The molecule has 0 aromatic heterocycles. The first kappa shape index (κ1) is 23.1. The third kappa shape index (κ3) is 5.99. The predicted molar refractivity (Wildman–Crippen MR) is 129 cm³/mol. The van der Waals surface area contributed by atoms with E-state index in [9.17, 15) is 4.79 Å². The van der Waals surface area contributed by atoms with Crippen LogP contribution in [0.1, 0.15) is 15.9 Å². The maximum atomic E-state index is 12.7. The fourth-order valence-electron chi connectivity index (χ4n) is 3.22. The van der Waals surface area contributed by atoms with Crippen LogP contribution in [0.15, 0.2) is 72.8 Å². The van der Waals surface area contributed by atoms with Crippen molar-refractivity contribution in [2.24, 2.45) is 0 Å². The summed E-state index contributed by atoms with van der Waals surface area (Å²) in [6, 6.07) is 20.9. The maximum Gasteiger partial charge on any atom is 0.185 e. The summed E-state index contributed by atoms with van der Waals surface area (Å²) < 4.78 is 16.7. The standard InChI is InChI=1S/C27H29NO4/c1-28(2)17-18-32-26-16-12-21(24-7-5-6-8-27(24)31-4)19-22(26)11-15-25(29)20-9-13-23(30-3)14-10-20/h5-16,19H,17-18H2,1-4H3. The topological polar surface area (TPSA) is 48.0 Å². The SMILES string of the molecule is COc1ccc(C(=O)C=Cc2cc(-c3ccccc3OC)ccc2OCCN(C)C)cc1. The monoisotopic (exact) mass is 431 g/mol. The van der Waals surface area contributed by atoms with Crippen LogP contribution in [0, 0.1) is 0 Å². The molecular weight excluding hydrogens is 402 g/mol. The fraction of sp³-hybridized carbons (Fsp3) is 0.222. The van der Waals surface area contributed by atoms with Gasteiger partial charge in [-0.05, 0) is 74.3 Å². The molecule has 5 heteroatoms. The summed E-state index contributed by atoms with van der Waals surface area (Å²) in [4.78, 5) is 14.8. The number of likely N-dealkylation sites (N-methyl/N-ethyl adjacent to an activating group) is 1. The van der Waals surface area contributed by atoms with Gasteiger partial charge in [-0.2, -0.15) is 0 Å². The number of rotatable bonds is 10. The lowest BCUT2D eigenvalue weighted by atomic mass is 10.0. The van der Waals surface area contributed by atoms with Gasteiger partial charge in [-0.3, -0.25) is 4.79 Å². The third-order valence-corrected chi connectivity index (χ3v) is 5.01. The van der Waals surface area contributed by atoms with E-state index in [-0.39, 0.29) is 5.78 Å². The molecule has 3 aromatic rings. The molecule has 0 aliphatic carbocycles. The number of ether oxygens (including phenoxy) is 3. The second-order valence-electron chi connectivity index (χ2n) is 7.53. The van der Waals surface area contributed by atoms with Crippen LogP contribution in [0.5, 0.6) is 17.2 Å². The lowest BCUT2D eigenvalue weighted by Gasteiger charge is -2.15. The first-order valence-electron chi connectivity index (χ1n) is 10.4. The largest absolute Gasteiger partial charge is 0.497 e. The Kier molecular flexibility index (Phi) is 8.06. The van der Waals surface area contributed by atoms with Crippen LogP contribution in [-0.2, 0) is 0 Å². The molecule has 3 aromatic carbocycles. The van der Waals surface area contributed by atoms with Crippen molar-refractivity contribution in [3.05, 3.63) is 83.9 Å². The lowest BCUT2D eigenvalue weighted by molar-refractivity contribution is 0.104. The Balaban J connectivity index is 1.91. The molecule has 32 heavy (non-hydrogen) atoms. The van der Waals surface area contributed by atoms with Crippen molar-refractivity contribution in [3.63, 3.8) is 0 Å². The number of carbonyl (C=O) groups excluding carboxylic acids is 1. The van der Waals surface area contributed by atoms with Gasteiger partial charge in [0, 0.05) is 23.2 Å². The number of hydrogen-bond acceptors (Lipinski definition) is 5. The number of carbonyl (C=O) groups is 1. The van der Waals surface area contributed by atoms with Crippen LogP contribution in [-0.4, -0.2) is 52.1 Å². The Morgan fingerprint density at radius 2 is 1.66 bits per heavy atom. The van der Waals surface area contributed by atoms with E-state index < -0.39 is 0 Å². The summed E-state index contributed by atoms with van der Waals surface area (Å²) in [5.41, 5.74) is 3.39. The van der Waals surface area contributed by atoms with Gasteiger partial charge in [0.05, 0.1) is 14.2 Å². The zero-order chi connectivity index (χ0) is 22.9. The van der Waals surface area contributed by atoms with E-state index >= 15 is 0 Å². The normalized spacial score (nSPS) is 11.0. The van der Waals surface area contributed by atoms with Gasteiger partial charge in [0.25, 0.3) is 0 Å². The minimum atomic E-state index is -0.0883. The molecule has 0 bridgehead atoms. The van der Waals surface area contributed by atoms with Crippen molar-refractivity contribution >= 4 is 11.9 Å². The molecule has 0 saturated carbocycles. The number of methoxy groups -OCH3 is 2. The van der Waals surface area contributed by atoms with Crippen LogP contribution in [0.2, 0.25) is 0 Å². The highest BCUT2D eigenvalue weighted by molar-refractivity contribution is 6.07. The molecule has 0 amide bonds. The second kappa shape index (κ2) is 11.2. The molecule has 5 nitrogen and oxygen atoms in total. The molecule has 0 unspecified atom stereocenters. The van der Waals surface area contributed by atoms with Gasteiger partial charge in [-0.15, -0.1) is 0 Å². The second-order valence-corrected chi connectivity index (χ2v) is 7.53. The summed E-state index contributed by atoms with van der Waals surface area (Å²) in [6.07, 6.45) is 3.37. The Morgan fingerprint density at radius 1 is 0.906 bits per heavy atom. The number of benzene rings is 3. The Bertz CT molecular complexity index is 1070. The highest BCUT2D eigenvalue weighted by Gasteiger charge is 2.10. The van der Waals surface area contributed by atoms with Crippen LogP contribution in [0.25, 0.3) is 17.2 Å². The van der Waals surface area contributed by atoms with E-state index in [2.05, 4.69) is 4.90 Å².